The summed E-state index contributed by atoms with van der Waals surface area (Å²) >= 11 is 0. The molecule has 32 heavy (non-hydrogen) atoms. The molecule has 1 aromatic carbocycles. The molecule has 8 nitrogen and oxygen atoms in total. The monoisotopic (exact) mass is 432 g/mol. The number of carbonyl (C=O) groups excluding carboxylic acids is 2. The highest BCUT2D eigenvalue weighted by molar-refractivity contribution is 5.95. The van der Waals surface area contributed by atoms with Crippen LogP contribution in [0.1, 0.15) is 42.5 Å². The number of hydrogen-bond acceptors (Lipinski definition) is 5. The summed E-state index contributed by atoms with van der Waals surface area (Å²) in [6.07, 6.45) is 6.85. The van der Waals surface area contributed by atoms with Gasteiger partial charge in [0, 0.05) is 29.3 Å². The van der Waals surface area contributed by atoms with E-state index in [0.717, 1.165) is 56.4 Å². The highest BCUT2D eigenvalue weighted by Crippen LogP contribution is 2.28. The number of pyridine rings is 1. The van der Waals surface area contributed by atoms with Crippen molar-refractivity contribution in [3.8, 4) is 11.4 Å². The Hall–Kier alpha value is -3.26. The average molecular weight is 433 g/mol. The molecule has 1 saturated heterocycles. The van der Waals surface area contributed by atoms with Crippen molar-refractivity contribution in [1.29, 1.82) is 0 Å². The van der Waals surface area contributed by atoms with E-state index in [0.29, 0.717) is 17.0 Å². The Morgan fingerprint density at radius 1 is 0.969 bits per heavy atom. The Bertz CT molecular complexity index is 1130. The SMILES string of the molecule is CN1CCC(NC(=O)c2ccc(-c3nnc4ccc(NC(=O)C5CCC5)cn34)cc2)CC1. The second-order valence-electron chi connectivity index (χ2n) is 8.92. The lowest BCUT2D eigenvalue weighted by Crippen LogP contribution is -2.43. The third kappa shape index (κ3) is 4.23. The highest BCUT2D eigenvalue weighted by Gasteiger charge is 2.25. The van der Waals surface area contributed by atoms with Crippen molar-refractivity contribution in [1.82, 2.24) is 24.8 Å². The Morgan fingerprint density at radius 3 is 2.41 bits per heavy atom. The minimum atomic E-state index is -0.0433. The van der Waals surface area contributed by atoms with Crippen LogP contribution in [0.25, 0.3) is 17.0 Å². The molecule has 3 heterocycles. The number of hydrogen-bond donors (Lipinski definition) is 2. The number of carbonyl (C=O) groups is 2. The average Bonchev–Trinajstić information content (AvgIpc) is 3.17. The lowest BCUT2D eigenvalue weighted by molar-refractivity contribution is -0.122. The van der Waals surface area contributed by atoms with Gasteiger partial charge in [0.25, 0.3) is 5.91 Å². The van der Waals surface area contributed by atoms with Crippen molar-refractivity contribution >= 4 is 23.1 Å². The molecule has 1 aliphatic heterocycles. The van der Waals surface area contributed by atoms with Gasteiger partial charge in [0.1, 0.15) is 0 Å². The van der Waals surface area contributed by atoms with Crippen LogP contribution in [0, 0.1) is 5.92 Å². The number of fused-ring (bicyclic) bond motifs is 1. The van der Waals surface area contributed by atoms with E-state index in [1.807, 2.05) is 47.0 Å². The van der Waals surface area contributed by atoms with Gasteiger partial charge < -0.3 is 15.5 Å². The maximum absolute atomic E-state index is 12.6. The third-order valence-corrected chi connectivity index (χ3v) is 6.60. The first kappa shape index (κ1) is 20.6. The highest BCUT2D eigenvalue weighted by atomic mass is 16.2. The largest absolute Gasteiger partial charge is 0.349 e. The van der Waals surface area contributed by atoms with Crippen LogP contribution in [0.2, 0.25) is 0 Å². The molecule has 3 aromatic rings. The molecule has 8 heteroatoms. The molecule has 0 bridgehead atoms. The van der Waals surface area contributed by atoms with Crippen LogP contribution in [0.5, 0.6) is 0 Å². The molecule has 1 saturated carbocycles. The first-order chi connectivity index (χ1) is 15.6. The molecule has 0 unspecified atom stereocenters. The number of nitrogens with zero attached hydrogens (tertiary/aromatic N) is 4. The standard InChI is InChI=1S/C24H28N6O2/c1-29-13-11-19(12-14-29)25-24(32)18-7-5-16(6-8-18)22-28-27-21-10-9-20(15-30(21)22)26-23(31)17-3-2-4-17/h5-10,15,17,19H,2-4,11-14H2,1H3,(H,25,32)(H,26,31). The van der Waals surface area contributed by atoms with Crippen molar-refractivity contribution in [3.63, 3.8) is 0 Å². The van der Waals surface area contributed by atoms with Gasteiger partial charge in [0.2, 0.25) is 5.91 Å². The van der Waals surface area contributed by atoms with E-state index in [1.165, 1.54) is 0 Å². The number of amides is 2. The zero-order chi connectivity index (χ0) is 22.1. The minimum absolute atomic E-state index is 0.0433. The smallest absolute Gasteiger partial charge is 0.251 e. The number of anilines is 1. The fourth-order valence-electron chi connectivity index (χ4n) is 4.27. The summed E-state index contributed by atoms with van der Waals surface area (Å²) in [4.78, 5) is 27.2. The zero-order valence-electron chi connectivity index (χ0n) is 18.3. The molecular formula is C24H28N6O2. The maximum Gasteiger partial charge on any atom is 0.251 e. The number of likely N-dealkylation sites (tertiary alicyclic amines) is 1. The summed E-state index contributed by atoms with van der Waals surface area (Å²) in [6.45, 7) is 2.01. The van der Waals surface area contributed by atoms with Gasteiger partial charge in [-0.05, 0) is 70.1 Å². The maximum atomic E-state index is 12.6. The van der Waals surface area contributed by atoms with Gasteiger partial charge in [-0.3, -0.25) is 14.0 Å². The van der Waals surface area contributed by atoms with Crippen LogP contribution in [-0.4, -0.2) is 57.5 Å². The van der Waals surface area contributed by atoms with Gasteiger partial charge in [0.05, 0.1) is 5.69 Å². The van der Waals surface area contributed by atoms with Crippen molar-refractivity contribution in [3.05, 3.63) is 48.2 Å². The van der Waals surface area contributed by atoms with Crippen LogP contribution >= 0.6 is 0 Å². The molecule has 5 rings (SSSR count). The number of piperidine rings is 1. The Labute approximate surface area is 187 Å². The summed E-state index contributed by atoms with van der Waals surface area (Å²) < 4.78 is 1.87. The predicted molar refractivity (Wildman–Crippen MR) is 122 cm³/mol. The van der Waals surface area contributed by atoms with E-state index in [2.05, 4.69) is 32.8 Å². The van der Waals surface area contributed by atoms with Gasteiger partial charge in [0.15, 0.2) is 11.5 Å². The van der Waals surface area contributed by atoms with E-state index in [9.17, 15) is 9.59 Å². The summed E-state index contributed by atoms with van der Waals surface area (Å²) in [6, 6.07) is 11.3. The van der Waals surface area contributed by atoms with E-state index in [4.69, 9.17) is 0 Å². The van der Waals surface area contributed by atoms with Gasteiger partial charge in [-0.15, -0.1) is 10.2 Å². The predicted octanol–water partition coefficient (Wildman–Crippen LogP) is 2.96. The first-order valence-electron chi connectivity index (χ1n) is 11.3. The zero-order valence-corrected chi connectivity index (χ0v) is 18.3. The molecule has 0 atom stereocenters. The van der Waals surface area contributed by atoms with Crippen molar-refractivity contribution in [2.24, 2.45) is 5.92 Å². The number of nitrogens with one attached hydrogen (secondary N) is 2. The number of benzene rings is 1. The minimum Gasteiger partial charge on any atom is -0.349 e. The molecule has 2 aromatic heterocycles. The molecule has 1 aliphatic carbocycles. The van der Waals surface area contributed by atoms with Crippen LogP contribution in [0.3, 0.4) is 0 Å². The Kier molecular flexibility index (Phi) is 5.61. The van der Waals surface area contributed by atoms with Gasteiger partial charge in [-0.2, -0.15) is 0 Å². The number of rotatable bonds is 5. The molecule has 2 aliphatic rings. The van der Waals surface area contributed by atoms with Crippen LogP contribution in [-0.2, 0) is 4.79 Å². The van der Waals surface area contributed by atoms with Crippen molar-refractivity contribution in [2.45, 2.75) is 38.1 Å². The molecule has 2 fully saturated rings. The van der Waals surface area contributed by atoms with Crippen LogP contribution in [0.4, 0.5) is 5.69 Å². The Balaban J connectivity index is 1.30. The third-order valence-electron chi connectivity index (χ3n) is 6.60. The summed E-state index contributed by atoms with van der Waals surface area (Å²) in [5.41, 5.74) is 2.92. The van der Waals surface area contributed by atoms with E-state index < -0.39 is 0 Å². The molecule has 0 radical (unpaired) electrons. The van der Waals surface area contributed by atoms with Gasteiger partial charge in [-0.25, -0.2) is 0 Å². The molecule has 0 spiro atoms. The first-order valence-corrected chi connectivity index (χ1v) is 11.3. The van der Waals surface area contributed by atoms with E-state index >= 15 is 0 Å². The van der Waals surface area contributed by atoms with E-state index in [-0.39, 0.29) is 23.8 Å². The molecule has 2 N–H and O–H groups in total. The second-order valence-corrected chi connectivity index (χ2v) is 8.92. The fourth-order valence-corrected chi connectivity index (χ4v) is 4.27. The quantitative estimate of drug-likeness (QED) is 0.647. The molecule has 2 amide bonds. The lowest BCUT2D eigenvalue weighted by atomic mass is 9.85. The summed E-state index contributed by atoms with van der Waals surface area (Å²) in [7, 11) is 2.11. The normalized spacial score (nSPS) is 17.8. The fraction of sp³-hybridized carbons (Fsp3) is 0.417. The van der Waals surface area contributed by atoms with Crippen LogP contribution < -0.4 is 10.6 Å². The Morgan fingerprint density at radius 2 is 1.72 bits per heavy atom. The van der Waals surface area contributed by atoms with Gasteiger partial charge >= 0.3 is 0 Å². The topological polar surface area (TPSA) is 91.6 Å². The number of aromatic nitrogens is 3. The summed E-state index contributed by atoms with van der Waals surface area (Å²) in [5, 5.41) is 14.7. The second kappa shape index (κ2) is 8.70. The summed E-state index contributed by atoms with van der Waals surface area (Å²) in [5.74, 6) is 0.824. The van der Waals surface area contributed by atoms with Crippen LogP contribution in [0.15, 0.2) is 42.6 Å². The van der Waals surface area contributed by atoms with Gasteiger partial charge in [-0.1, -0.05) is 18.6 Å². The van der Waals surface area contributed by atoms with Crippen molar-refractivity contribution in [2.75, 3.05) is 25.5 Å². The molecular weight excluding hydrogens is 404 g/mol. The lowest BCUT2D eigenvalue weighted by Gasteiger charge is -2.29. The molecule has 166 valence electrons. The van der Waals surface area contributed by atoms with E-state index in [1.54, 1.807) is 0 Å². The van der Waals surface area contributed by atoms with Crippen molar-refractivity contribution < 1.29 is 9.59 Å².